The quantitative estimate of drug-likeness (QED) is 0.378. The first-order valence-electron chi connectivity index (χ1n) is 13.1. The number of unbranched alkanes of at least 4 members (excludes halogenated alkanes) is 5. The van der Waals surface area contributed by atoms with Crippen LogP contribution in [0.3, 0.4) is 0 Å². The number of hydrogen-bond donors (Lipinski definition) is 1. The maximum absolute atomic E-state index is 12.6. The minimum absolute atomic E-state index is 0.0859. The van der Waals surface area contributed by atoms with E-state index in [9.17, 15) is 4.79 Å². The molecule has 5 heteroatoms. The molecule has 1 fully saturated rings. The molecule has 0 aliphatic carbocycles. The van der Waals surface area contributed by atoms with E-state index in [0.717, 1.165) is 23.5 Å². The molecule has 4 rings (SSSR count). The third-order valence-corrected chi connectivity index (χ3v) is 7.60. The number of hydrogen-bond acceptors (Lipinski definition) is 4. The van der Waals surface area contributed by atoms with E-state index in [1.54, 1.807) is 7.11 Å². The number of anilines is 1. The number of fused-ring (bicyclic) bond motifs is 3. The van der Waals surface area contributed by atoms with Crippen LogP contribution in [0.4, 0.5) is 5.69 Å². The highest BCUT2D eigenvalue weighted by Gasteiger charge is 2.57. The normalized spacial score (nSPS) is 20.5. The molecule has 1 N–H and O–H groups in total. The van der Waals surface area contributed by atoms with Crippen LogP contribution in [0.25, 0.3) is 6.08 Å². The molecule has 1 saturated heterocycles. The fourth-order valence-electron chi connectivity index (χ4n) is 5.51. The molecule has 1 atom stereocenters. The predicted molar refractivity (Wildman–Crippen MR) is 143 cm³/mol. The van der Waals surface area contributed by atoms with E-state index in [1.165, 1.54) is 43.4 Å². The van der Waals surface area contributed by atoms with Gasteiger partial charge in [-0.15, -0.1) is 0 Å². The smallest absolute Gasteiger partial charge is 0.223 e. The van der Waals surface area contributed by atoms with Gasteiger partial charge in [0.25, 0.3) is 0 Å². The van der Waals surface area contributed by atoms with Gasteiger partial charge < -0.3 is 19.7 Å². The van der Waals surface area contributed by atoms with Crippen molar-refractivity contribution >= 4 is 17.7 Å². The van der Waals surface area contributed by atoms with Gasteiger partial charge in [0.05, 0.1) is 13.7 Å². The molecule has 0 aromatic heterocycles. The molecule has 2 aliphatic rings. The molecule has 2 aromatic carbocycles. The molecule has 0 spiro atoms. The topological polar surface area (TPSA) is 50.8 Å². The van der Waals surface area contributed by atoms with Crippen molar-refractivity contribution < 1.29 is 14.3 Å². The van der Waals surface area contributed by atoms with Crippen molar-refractivity contribution in [3.05, 3.63) is 59.7 Å². The summed E-state index contributed by atoms with van der Waals surface area (Å²) in [5.74, 6) is 1.59. The highest BCUT2D eigenvalue weighted by molar-refractivity contribution is 5.84. The fourth-order valence-corrected chi connectivity index (χ4v) is 5.51. The molecule has 0 radical (unpaired) electrons. The number of nitrogens with zero attached hydrogens (tertiary/aromatic N) is 1. The number of carbonyl (C=O) groups excluding carboxylic acids is 1. The Bertz CT molecular complexity index is 1060. The highest BCUT2D eigenvalue weighted by atomic mass is 16.5. The summed E-state index contributed by atoms with van der Waals surface area (Å²) in [6.45, 7) is 8.06. The monoisotopic (exact) mass is 476 g/mol. The van der Waals surface area contributed by atoms with Crippen LogP contribution < -0.4 is 19.7 Å². The van der Waals surface area contributed by atoms with Crippen molar-refractivity contribution in [2.24, 2.45) is 0 Å². The number of methoxy groups -OCH3 is 1. The molecule has 188 valence electrons. The van der Waals surface area contributed by atoms with Crippen molar-refractivity contribution in [3.63, 3.8) is 0 Å². The first kappa shape index (κ1) is 25.2. The van der Waals surface area contributed by atoms with Crippen LogP contribution in [0.1, 0.15) is 76.8 Å². The molecule has 5 nitrogen and oxygen atoms in total. The van der Waals surface area contributed by atoms with E-state index in [-0.39, 0.29) is 11.3 Å². The summed E-state index contributed by atoms with van der Waals surface area (Å²) in [5, 5.41) is 3.34. The summed E-state index contributed by atoms with van der Waals surface area (Å²) in [4.78, 5) is 14.9. The van der Waals surface area contributed by atoms with E-state index in [0.29, 0.717) is 19.6 Å². The van der Waals surface area contributed by atoms with E-state index in [4.69, 9.17) is 9.47 Å². The Morgan fingerprint density at radius 1 is 1.03 bits per heavy atom. The lowest BCUT2D eigenvalue weighted by Crippen LogP contribution is -2.68. The number of benzene rings is 2. The third-order valence-electron chi connectivity index (χ3n) is 7.60. The van der Waals surface area contributed by atoms with E-state index in [1.807, 2.05) is 12.1 Å². The summed E-state index contributed by atoms with van der Waals surface area (Å²) in [6.07, 6.45) is 12.2. The van der Waals surface area contributed by atoms with Gasteiger partial charge in [0, 0.05) is 24.1 Å². The van der Waals surface area contributed by atoms with Gasteiger partial charge in [-0.1, -0.05) is 83.2 Å². The number of carbonyl (C=O) groups is 1. The van der Waals surface area contributed by atoms with Crippen molar-refractivity contribution in [1.29, 1.82) is 0 Å². The maximum atomic E-state index is 12.6. The first-order chi connectivity index (χ1) is 16.9. The minimum atomic E-state index is -0.619. The van der Waals surface area contributed by atoms with E-state index < -0.39 is 5.66 Å². The molecule has 2 heterocycles. The van der Waals surface area contributed by atoms with Crippen molar-refractivity contribution in [2.45, 2.75) is 76.8 Å². The van der Waals surface area contributed by atoms with Gasteiger partial charge in [-0.2, -0.15) is 0 Å². The minimum Gasteiger partial charge on any atom is -0.493 e. The fraction of sp³-hybridized carbons (Fsp3) is 0.500. The van der Waals surface area contributed by atoms with Gasteiger partial charge in [0.2, 0.25) is 5.91 Å². The second-order valence-electron chi connectivity index (χ2n) is 10.2. The van der Waals surface area contributed by atoms with Crippen molar-refractivity contribution in [3.8, 4) is 11.5 Å². The Kier molecular flexibility index (Phi) is 7.73. The van der Waals surface area contributed by atoms with Gasteiger partial charge in [-0.3, -0.25) is 4.79 Å². The first-order valence-corrected chi connectivity index (χ1v) is 13.1. The lowest BCUT2D eigenvalue weighted by molar-refractivity contribution is -0.124. The Morgan fingerprint density at radius 3 is 2.60 bits per heavy atom. The van der Waals surface area contributed by atoms with Gasteiger partial charge in [-0.25, -0.2) is 0 Å². The van der Waals surface area contributed by atoms with Crippen LogP contribution in [0.15, 0.2) is 48.5 Å². The van der Waals surface area contributed by atoms with Crippen LogP contribution in [0.5, 0.6) is 11.5 Å². The summed E-state index contributed by atoms with van der Waals surface area (Å²) in [6, 6.07) is 14.5. The lowest BCUT2D eigenvalue weighted by atomic mass is 9.74. The summed E-state index contributed by atoms with van der Waals surface area (Å²) >= 11 is 0. The zero-order valence-electron chi connectivity index (χ0n) is 21.7. The largest absolute Gasteiger partial charge is 0.493 e. The zero-order valence-corrected chi connectivity index (χ0v) is 21.7. The van der Waals surface area contributed by atoms with Crippen molar-refractivity contribution in [1.82, 2.24) is 5.32 Å². The Balaban J connectivity index is 1.51. The molecular formula is C30H40N2O3. The average Bonchev–Trinajstić information content (AvgIpc) is 3.06. The lowest BCUT2D eigenvalue weighted by Gasteiger charge is -2.49. The Morgan fingerprint density at radius 2 is 1.80 bits per heavy atom. The average molecular weight is 477 g/mol. The summed E-state index contributed by atoms with van der Waals surface area (Å²) < 4.78 is 11.7. The van der Waals surface area contributed by atoms with Gasteiger partial charge in [-0.05, 0) is 41.8 Å². The molecule has 1 amide bonds. The number of rotatable bonds is 11. The molecular weight excluding hydrogens is 436 g/mol. The predicted octanol–water partition coefficient (Wildman–Crippen LogP) is 6.46. The number of para-hydroxylation sites is 1. The van der Waals surface area contributed by atoms with Crippen LogP contribution in [-0.2, 0) is 10.2 Å². The standard InChI is InChI=1S/C30H40N2O3/c1-5-6-7-8-9-12-21-35-26-16-15-23(22-27(26)34-4)17-19-30-29(2,3)24-13-10-11-14-25(24)32(30)20-18-28(33)31-30/h10-11,13-17,19,22H,5-9,12,18,20-21H2,1-4H3,(H,31,33)/t30-/m0/s1. The number of ether oxygens (including phenoxy) is 2. The van der Waals surface area contributed by atoms with Gasteiger partial charge in [0.1, 0.15) is 5.66 Å². The summed E-state index contributed by atoms with van der Waals surface area (Å²) in [5.41, 5.74) is 2.54. The van der Waals surface area contributed by atoms with Crippen LogP contribution in [-0.4, -0.2) is 31.8 Å². The van der Waals surface area contributed by atoms with Crippen molar-refractivity contribution in [2.75, 3.05) is 25.2 Å². The number of nitrogens with one attached hydrogen (secondary N) is 1. The van der Waals surface area contributed by atoms with E-state index >= 15 is 0 Å². The third kappa shape index (κ3) is 4.91. The Hall–Kier alpha value is -2.95. The van der Waals surface area contributed by atoms with Gasteiger partial charge >= 0.3 is 0 Å². The van der Waals surface area contributed by atoms with Gasteiger partial charge in [0.15, 0.2) is 11.5 Å². The molecule has 2 aromatic rings. The second-order valence-corrected chi connectivity index (χ2v) is 10.2. The van der Waals surface area contributed by atoms with Crippen LogP contribution in [0.2, 0.25) is 0 Å². The number of amides is 1. The highest BCUT2D eigenvalue weighted by Crippen LogP contribution is 2.52. The van der Waals surface area contributed by atoms with Crippen LogP contribution in [0, 0.1) is 0 Å². The molecule has 0 bridgehead atoms. The summed E-state index contributed by atoms with van der Waals surface area (Å²) in [7, 11) is 1.68. The molecule has 2 aliphatic heterocycles. The zero-order chi connectivity index (χ0) is 24.9. The van der Waals surface area contributed by atoms with E-state index in [2.05, 4.69) is 73.5 Å². The molecule has 0 unspecified atom stereocenters. The molecule has 35 heavy (non-hydrogen) atoms. The van der Waals surface area contributed by atoms with Crippen LogP contribution >= 0.6 is 0 Å². The molecule has 0 saturated carbocycles. The second kappa shape index (κ2) is 10.8. The maximum Gasteiger partial charge on any atom is 0.223 e. The Labute approximate surface area is 210 Å². The SMILES string of the molecule is CCCCCCCCOc1ccc(C=C[C@]23NC(=O)CCN2c2ccccc2C3(C)C)cc1OC.